The van der Waals surface area contributed by atoms with Crippen molar-refractivity contribution in [3.63, 3.8) is 0 Å². The van der Waals surface area contributed by atoms with Crippen LogP contribution in [-0.2, 0) is 20.0 Å². The number of aromatic amines is 1. The first kappa shape index (κ1) is 14.1. The third-order valence-electron chi connectivity index (χ3n) is 1.77. The molecule has 0 spiro atoms. The van der Waals surface area contributed by atoms with Crippen molar-refractivity contribution in [2.75, 3.05) is 19.3 Å². The van der Waals surface area contributed by atoms with Crippen molar-refractivity contribution in [3.8, 4) is 0 Å². The zero-order valence-electron chi connectivity index (χ0n) is 9.17. The number of imidazole rings is 1. The van der Waals surface area contributed by atoms with E-state index in [1.54, 1.807) is 0 Å². The summed E-state index contributed by atoms with van der Waals surface area (Å²) < 4.78 is 49.1. The molecule has 0 aromatic carbocycles. The lowest BCUT2D eigenvalue weighted by atomic mass is 10.4. The number of rotatable bonds is 7. The van der Waals surface area contributed by atoms with Gasteiger partial charge in [0.25, 0.3) is 10.0 Å². The molecule has 1 aromatic rings. The normalized spacial score (nSPS) is 12.8. The van der Waals surface area contributed by atoms with Gasteiger partial charge >= 0.3 is 0 Å². The van der Waals surface area contributed by atoms with Crippen molar-refractivity contribution in [2.45, 2.75) is 11.4 Å². The fourth-order valence-electron chi connectivity index (χ4n) is 1.02. The van der Waals surface area contributed by atoms with Crippen molar-refractivity contribution >= 4 is 20.0 Å². The average Bonchev–Trinajstić information content (AvgIpc) is 2.68. The smallest absolute Gasteiger partial charge is 0.257 e. The number of aromatic nitrogens is 2. The summed E-state index contributed by atoms with van der Waals surface area (Å²) >= 11 is 0. The molecule has 0 aliphatic carbocycles. The van der Waals surface area contributed by atoms with Crippen LogP contribution in [0, 0.1) is 0 Å². The molecule has 0 radical (unpaired) electrons. The summed E-state index contributed by atoms with van der Waals surface area (Å²) in [6.07, 6.45) is 3.86. The molecule has 0 aliphatic rings. The number of sulfonamides is 2. The van der Waals surface area contributed by atoms with Crippen LogP contribution in [0.4, 0.5) is 0 Å². The minimum absolute atomic E-state index is 0.0198. The van der Waals surface area contributed by atoms with Gasteiger partial charge in [0.2, 0.25) is 10.0 Å². The summed E-state index contributed by atoms with van der Waals surface area (Å²) in [5.41, 5.74) is 0. The molecule has 8 nitrogen and oxygen atoms in total. The van der Waals surface area contributed by atoms with Crippen LogP contribution in [0.5, 0.6) is 0 Å². The van der Waals surface area contributed by atoms with Gasteiger partial charge in [0.15, 0.2) is 5.03 Å². The largest absolute Gasteiger partial charge is 0.335 e. The van der Waals surface area contributed by atoms with E-state index in [4.69, 9.17) is 0 Å². The quantitative estimate of drug-likeness (QED) is 0.533. The Kier molecular flexibility index (Phi) is 4.62. The molecule has 0 unspecified atom stereocenters. The molecule has 1 rings (SSSR count). The van der Waals surface area contributed by atoms with Gasteiger partial charge < -0.3 is 4.98 Å². The Hall–Kier alpha value is -0.970. The maximum atomic E-state index is 11.5. The number of nitrogens with one attached hydrogen (secondary N) is 3. The standard InChI is InChI=1S/C7H14N4O4S2/c1-16(12,13)10-3-2-4-11-17(14,15)7-5-8-6-9-7/h5-6,10-11H,2-4H2,1H3,(H,8,9). The molecule has 1 aromatic heterocycles. The van der Waals surface area contributed by atoms with Gasteiger partial charge in [-0.05, 0) is 6.42 Å². The zero-order chi connectivity index (χ0) is 12.9. The highest BCUT2D eigenvalue weighted by Crippen LogP contribution is 2.01. The lowest BCUT2D eigenvalue weighted by Crippen LogP contribution is -2.29. The summed E-state index contributed by atoms with van der Waals surface area (Å²) in [6, 6.07) is 0. The summed E-state index contributed by atoms with van der Waals surface area (Å²) in [7, 11) is -6.80. The van der Waals surface area contributed by atoms with E-state index in [0.29, 0.717) is 6.42 Å². The Morgan fingerprint density at radius 3 is 2.41 bits per heavy atom. The van der Waals surface area contributed by atoms with E-state index in [-0.39, 0.29) is 18.1 Å². The Bertz CT molecular complexity index is 534. The second-order valence-corrected chi connectivity index (χ2v) is 6.90. The number of nitrogens with zero attached hydrogens (tertiary/aromatic N) is 1. The predicted octanol–water partition coefficient (Wildman–Crippen LogP) is -1.37. The van der Waals surface area contributed by atoms with Gasteiger partial charge in [-0.1, -0.05) is 0 Å². The third kappa shape index (κ3) is 5.26. The van der Waals surface area contributed by atoms with Crippen molar-refractivity contribution in [1.82, 2.24) is 19.4 Å². The Morgan fingerprint density at radius 2 is 1.88 bits per heavy atom. The van der Waals surface area contributed by atoms with E-state index < -0.39 is 20.0 Å². The molecular weight excluding hydrogens is 268 g/mol. The molecular formula is C7H14N4O4S2. The van der Waals surface area contributed by atoms with Gasteiger partial charge in [-0.2, -0.15) is 0 Å². The molecule has 0 bridgehead atoms. The maximum Gasteiger partial charge on any atom is 0.257 e. The van der Waals surface area contributed by atoms with Crippen LogP contribution in [0.25, 0.3) is 0 Å². The molecule has 0 aliphatic heterocycles. The molecule has 0 saturated heterocycles. The average molecular weight is 282 g/mol. The topological polar surface area (TPSA) is 121 Å². The second-order valence-electron chi connectivity index (χ2n) is 3.33. The highest BCUT2D eigenvalue weighted by molar-refractivity contribution is 7.89. The molecule has 0 atom stereocenters. The summed E-state index contributed by atoms with van der Waals surface area (Å²) in [6.45, 7) is 0.328. The molecule has 98 valence electrons. The molecule has 0 amide bonds. The fourth-order valence-corrected chi connectivity index (χ4v) is 2.51. The zero-order valence-corrected chi connectivity index (χ0v) is 10.8. The van der Waals surface area contributed by atoms with Gasteiger partial charge in [0, 0.05) is 13.1 Å². The molecule has 17 heavy (non-hydrogen) atoms. The van der Waals surface area contributed by atoms with Gasteiger partial charge in [0.1, 0.15) is 0 Å². The van der Waals surface area contributed by atoms with Crippen molar-refractivity contribution in [2.24, 2.45) is 0 Å². The van der Waals surface area contributed by atoms with Crippen molar-refractivity contribution in [3.05, 3.63) is 12.5 Å². The summed E-state index contributed by atoms with van der Waals surface area (Å²) in [5, 5.41) is -0.0198. The van der Waals surface area contributed by atoms with E-state index in [1.807, 2.05) is 0 Å². The van der Waals surface area contributed by atoms with E-state index in [0.717, 1.165) is 6.26 Å². The van der Waals surface area contributed by atoms with Crippen LogP contribution in [-0.4, -0.2) is 46.1 Å². The molecule has 0 fully saturated rings. The summed E-state index contributed by atoms with van der Waals surface area (Å²) in [4.78, 5) is 6.07. The monoisotopic (exact) mass is 282 g/mol. The van der Waals surface area contributed by atoms with Crippen molar-refractivity contribution in [1.29, 1.82) is 0 Å². The van der Waals surface area contributed by atoms with Gasteiger partial charge in [-0.3, -0.25) is 0 Å². The second kappa shape index (κ2) is 5.58. The van der Waals surface area contributed by atoms with Crippen LogP contribution in [0.3, 0.4) is 0 Å². The van der Waals surface area contributed by atoms with Crippen LogP contribution in [0.1, 0.15) is 6.42 Å². The minimum Gasteiger partial charge on any atom is -0.335 e. The third-order valence-corrected chi connectivity index (χ3v) is 3.89. The first-order chi connectivity index (χ1) is 7.81. The number of H-pyrrole nitrogens is 1. The van der Waals surface area contributed by atoms with E-state index in [1.165, 1.54) is 12.5 Å². The minimum atomic E-state index is -3.58. The predicted molar refractivity (Wildman–Crippen MR) is 61.2 cm³/mol. The lowest BCUT2D eigenvalue weighted by molar-refractivity contribution is 0.572. The Balaban J connectivity index is 2.33. The van der Waals surface area contributed by atoms with Gasteiger partial charge in [-0.25, -0.2) is 31.3 Å². The summed E-state index contributed by atoms with van der Waals surface area (Å²) in [5.74, 6) is 0. The number of hydrogen-bond donors (Lipinski definition) is 3. The van der Waals surface area contributed by atoms with E-state index >= 15 is 0 Å². The van der Waals surface area contributed by atoms with Gasteiger partial charge in [-0.15, -0.1) is 0 Å². The van der Waals surface area contributed by atoms with E-state index in [2.05, 4.69) is 19.4 Å². The van der Waals surface area contributed by atoms with Crippen LogP contribution < -0.4 is 9.44 Å². The Morgan fingerprint density at radius 1 is 1.24 bits per heavy atom. The molecule has 10 heteroatoms. The molecule has 3 N–H and O–H groups in total. The SMILES string of the molecule is CS(=O)(=O)NCCCNS(=O)(=O)c1cnc[nH]1. The van der Waals surface area contributed by atoms with Crippen LogP contribution in [0.2, 0.25) is 0 Å². The highest BCUT2D eigenvalue weighted by Gasteiger charge is 2.14. The van der Waals surface area contributed by atoms with Crippen molar-refractivity contribution < 1.29 is 16.8 Å². The first-order valence-corrected chi connectivity index (χ1v) is 8.11. The molecule has 1 heterocycles. The van der Waals surface area contributed by atoms with Gasteiger partial charge in [0.05, 0.1) is 18.8 Å². The lowest BCUT2D eigenvalue weighted by Gasteiger charge is -2.04. The first-order valence-electron chi connectivity index (χ1n) is 4.74. The van der Waals surface area contributed by atoms with Crippen LogP contribution in [0.15, 0.2) is 17.6 Å². The highest BCUT2D eigenvalue weighted by atomic mass is 32.2. The number of hydrogen-bond acceptors (Lipinski definition) is 5. The maximum absolute atomic E-state index is 11.5. The Labute approximate surface area is 99.9 Å². The molecule has 0 saturated carbocycles. The fraction of sp³-hybridized carbons (Fsp3) is 0.571. The van der Waals surface area contributed by atoms with Crippen LogP contribution >= 0.6 is 0 Å². The van der Waals surface area contributed by atoms with E-state index in [9.17, 15) is 16.8 Å².